The first-order valence-corrected chi connectivity index (χ1v) is 8.61. The van der Waals surface area contributed by atoms with Crippen LogP contribution in [0, 0.1) is 0 Å². The van der Waals surface area contributed by atoms with Crippen LogP contribution in [0.25, 0.3) is 0 Å². The second-order valence-corrected chi connectivity index (χ2v) is 11.6. The van der Waals surface area contributed by atoms with Crippen molar-refractivity contribution in [2.75, 3.05) is 6.61 Å². The summed E-state index contributed by atoms with van der Waals surface area (Å²) in [4.78, 5) is 11.2. The molecule has 0 atom stereocenters. The van der Waals surface area contributed by atoms with Crippen molar-refractivity contribution in [3.63, 3.8) is 0 Å². The first kappa shape index (κ1) is 14.4. The fraction of sp³-hybridized carbons (Fsp3) is 0.750. The Hall–Kier alpha value is -0.573. The molecule has 2 nitrogen and oxygen atoms in total. The number of carbonyl (C=O) groups is 1. The minimum Gasteiger partial charge on any atom is -0.463 e. The molecule has 0 aliphatic heterocycles. The van der Waals surface area contributed by atoms with Crippen LogP contribution in [0.3, 0.4) is 0 Å². The average Bonchev–Trinajstić information content (AvgIpc) is 2.01. The van der Waals surface area contributed by atoms with Gasteiger partial charge in [0.1, 0.15) is 0 Å². The smallest absolute Gasteiger partial charge is 0.333 e. The largest absolute Gasteiger partial charge is 0.463 e. The van der Waals surface area contributed by atoms with Gasteiger partial charge in [-0.05, 0) is 18.0 Å². The lowest BCUT2D eigenvalue weighted by Gasteiger charge is -2.36. The van der Waals surface area contributed by atoms with Crippen LogP contribution in [0.15, 0.2) is 12.2 Å². The summed E-state index contributed by atoms with van der Waals surface area (Å²) >= 11 is 0. The molecule has 0 bridgehead atoms. The van der Waals surface area contributed by atoms with Crippen molar-refractivity contribution in [2.45, 2.75) is 51.9 Å². The fourth-order valence-corrected chi connectivity index (χ4v) is 2.26. The molecule has 15 heavy (non-hydrogen) atoms. The van der Waals surface area contributed by atoms with Crippen LogP contribution in [0.1, 0.15) is 27.7 Å². The summed E-state index contributed by atoms with van der Waals surface area (Å²) in [6, 6.07) is 1.01. The predicted octanol–water partition coefficient (Wildman–Crippen LogP) is 3.61. The van der Waals surface area contributed by atoms with Crippen LogP contribution < -0.4 is 0 Å². The molecular weight excluding hydrogens is 204 g/mol. The Morgan fingerprint density at radius 3 is 2.13 bits per heavy atom. The lowest BCUT2D eigenvalue weighted by Crippen LogP contribution is -2.38. The highest BCUT2D eigenvalue weighted by Crippen LogP contribution is 2.38. The molecule has 0 aromatic heterocycles. The zero-order valence-corrected chi connectivity index (χ0v) is 11.9. The van der Waals surface area contributed by atoms with E-state index in [-0.39, 0.29) is 5.97 Å². The van der Waals surface area contributed by atoms with Gasteiger partial charge in [-0.3, -0.25) is 0 Å². The van der Waals surface area contributed by atoms with Gasteiger partial charge in [-0.25, -0.2) is 4.79 Å². The van der Waals surface area contributed by atoms with E-state index in [2.05, 4.69) is 40.4 Å². The topological polar surface area (TPSA) is 26.3 Å². The summed E-state index contributed by atoms with van der Waals surface area (Å²) in [5.41, 5.74) is 0.477. The van der Waals surface area contributed by atoms with Gasteiger partial charge in [-0.15, -0.1) is 0 Å². The maximum absolute atomic E-state index is 11.2. The standard InChI is InChI=1S/C12H24O2Si/c1-10(2)11(13)14-8-9-15(6,7)12(3,4)5/h1,8-9H2,2-7H3. The molecule has 0 aliphatic rings. The fourth-order valence-electron chi connectivity index (χ4n) is 0.897. The molecule has 0 saturated heterocycles. The van der Waals surface area contributed by atoms with E-state index in [1.54, 1.807) is 6.92 Å². The van der Waals surface area contributed by atoms with E-state index in [0.29, 0.717) is 17.2 Å². The van der Waals surface area contributed by atoms with Crippen molar-refractivity contribution >= 4 is 14.0 Å². The Labute approximate surface area is 94.7 Å². The molecule has 88 valence electrons. The van der Waals surface area contributed by atoms with E-state index in [1.807, 2.05) is 0 Å². The van der Waals surface area contributed by atoms with Crippen molar-refractivity contribution in [1.82, 2.24) is 0 Å². The molecule has 0 aromatic carbocycles. The normalized spacial score (nSPS) is 12.4. The minimum atomic E-state index is -1.31. The number of hydrogen-bond donors (Lipinski definition) is 0. The molecule has 0 rings (SSSR count). The Morgan fingerprint density at radius 2 is 1.80 bits per heavy atom. The van der Waals surface area contributed by atoms with E-state index in [1.165, 1.54) is 0 Å². The Morgan fingerprint density at radius 1 is 1.33 bits per heavy atom. The molecular formula is C12H24O2Si. The van der Waals surface area contributed by atoms with Crippen LogP contribution in [0.2, 0.25) is 24.2 Å². The lowest BCUT2D eigenvalue weighted by molar-refractivity contribution is -0.138. The molecule has 0 saturated carbocycles. The van der Waals surface area contributed by atoms with Crippen LogP contribution in [0.5, 0.6) is 0 Å². The van der Waals surface area contributed by atoms with Crippen molar-refractivity contribution in [1.29, 1.82) is 0 Å². The Kier molecular flexibility index (Phi) is 4.78. The van der Waals surface area contributed by atoms with Gasteiger partial charge in [0.2, 0.25) is 0 Å². The second kappa shape index (κ2) is 4.97. The first-order valence-electron chi connectivity index (χ1n) is 5.40. The van der Waals surface area contributed by atoms with Crippen LogP contribution in [-0.2, 0) is 9.53 Å². The molecule has 0 aromatic rings. The van der Waals surface area contributed by atoms with Gasteiger partial charge in [-0.1, -0.05) is 40.4 Å². The van der Waals surface area contributed by atoms with Crippen LogP contribution in [-0.4, -0.2) is 20.7 Å². The van der Waals surface area contributed by atoms with E-state index < -0.39 is 8.07 Å². The van der Waals surface area contributed by atoms with Gasteiger partial charge < -0.3 is 4.74 Å². The molecule has 0 heterocycles. The average molecular weight is 228 g/mol. The third-order valence-electron chi connectivity index (χ3n) is 3.34. The van der Waals surface area contributed by atoms with Gasteiger partial charge in [0.05, 0.1) is 14.7 Å². The van der Waals surface area contributed by atoms with Gasteiger partial charge in [-0.2, -0.15) is 0 Å². The molecule has 0 radical (unpaired) electrons. The summed E-state index contributed by atoms with van der Waals surface area (Å²) in [6.07, 6.45) is 0. The van der Waals surface area contributed by atoms with Crippen LogP contribution in [0.4, 0.5) is 0 Å². The minimum absolute atomic E-state index is 0.270. The van der Waals surface area contributed by atoms with Gasteiger partial charge in [0.25, 0.3) is 0 Å². The van der Waals surface area contributed by atoms with Crippen molar-refractivity contribution in [3.8, 4) is 0 Å². The number of carbonyl (C=O) groups excluding carboxylic acids is 1. The molecule has 0 N–H and O–H groups in total. The molecule has 0 fully saturated rings. The van der Waals surface area contributed by atoms with Gasteiger partial charge in [0, 0.05) is 5.57 Å². The molecule has 0 spiro atoms. The monoisotopic (exact) mass is 228 g/mol. The van der Waals surface area contributed by atoms with Gasteiger partial charge in [0.15, 0.2) is 0 Å². The number of ether oxygens (including phenoxy) is 1. The van der Waals surface area contributed by atoms with Crippen molar-refractivity contribution in [3.05, 3.63) is 12.2 Å². The van der Waals surface area contributed by atoms with Gasteiger partial charge >= 0.3 is 5.97 Å². The molecule has 0 aliphatic carbocycles. The highest BCUT2D eigenvalue weighted by Gasteiger charge is 2.34. The highest BCUT2D eigenvalue weighted by molar-refractivity contribution is 6.80. The number of hydrogen-bond acceptors (Lipinski definition) is 2. The second-order valence-electron chi connectivity index (χ2n) is 5.80. The maximum Gasteiger partial charge on any atom is 0.333 e. The molecule has 0 unspecified atom stereocenters. The number of esters is 1. The molecule has 0 amide bonds. The number of rotatable bonds is 4. The van der Waals surface area contributed by atoms with E-state index >= 15 is 0 Å². The summed E-state index contributed by atoms with van der Waals surface area (Å²) < 4.78 is 5.13. The summed E-state index contributed by atoms with van der Waals surface area (Å²) in [5, 5.41) is 0.350. The highest BCUT2D eigenvalue weighted by atomic mass is 28.3. The zero-order chi connectivity index (χ0) is 12.3. The summed E-state index contributed by atoms with van der Waals surface area (Å²) in [5.74, 6) is -0.270. The first-order chi connectivity index (χ1) is 6.58. The van der Waals surface area contributed by atoms with Crippen molar-refractivity contribution in [2.24, 2.45) is 0 Å². The molecule has 3 heteroatoms. The predicted molar refractivity (Wildman–Crippen MR) is 67.8 cm³/mol. The van der Waals surface area contributed by atoms with Crippen LogP contribution >= 0.6 is 0 Å². The SMILES string of the molecule is C=C(C)C(=O)OCC[Si](C)(C)C(C)(C)C. The Bertz CT molecular complexity index is 249. The zero-order valence-electron chi connectivity index (χ0n) is 10.9. The van der Waals surface area contributed by atoms with E-state index in [4.69, 9.17) is 4.74 Å². The summed E-state index contributed by atoms with van der Waals surface area (Å²) in [6.45, 7) is 17.2. The van der Waals surface area contributed by atoms with E-state index in [0.717, 1.165) is 6.04 Å². The van der Waals surface area contributed by atoms with Crippen molar-refractivity contribution < 1.29 is 9.53 Å². The Balaban J connectivity index is 4.07. The summed E-state index contributed by atoms with van der Waals surface area (Å²) in [7, 11) is -1.31. The third-order valence-corrected chi connectivity index (χ3v) is 8.85. The quantitative estimate of drug-likeness (QED) is 0.417. The lowest BCUT2D eigenvalue weighted by atomic mass is 10.2. The van der Waals surface area contributed by atoms with E-state index in [9.17, 15) is 4.79 Å². The maximum atomic E-state index is 11.2. The third kappa shape index (κ3) is 4.65.